The molecule has 2 rings (SSSR count). The third-order valence-electron chi connectivity index (χ3n) is 2.53. The van der Waals surface area contributed by atoms with E-state index < -0.39 is 0 Å². The first-order valence-corrected chi connectivity index (χ1v) is 6.47. The molecule has 0 aromatic carbocycles. The zero-order valence-electron chi connectivity index (χ0n) is 8.65. The molecule has 1 aliphatic heterocycles. The molecule has 0 aliphatic carbocycles. The Morgan fingerprint density at radius 1 is 1.27 bits per heavy atom. The number of likely N-dealkylation sites (N-methyl/N-ethyl adjacent to an activating group) is 1. The van der Waals surface area contributed by atoms with Crippen LogP contribution in [0.5, 0.6) is 0 Å². The predicted molar refractivity (Wildman–Crippen MR) is 64.9 cm³/mol. The average Bonchev–Trinajstić information content (AvgIpc) is 2.17. The summed E-state index contributed by atoms with van der Waals surface area (Å²) in [5.74, 6) is 0.961. The van der Waals surface area contributed by atoms with Crippen molar-refractivity contribution in [3.05, 3.63) is 11.2 Å². The molecule has 1 saturated heterocycles. The zero-order chi connectivity index (χ0) is 10.8. The summed E-state index contributed by atoms with van der Waals surface area (Å²) in [7, 11) is 2.14. The number of piperazine rings is 1. The molecule has 1 aromatic rings. The first-order chi connectivity index (χ1) is 7.15. The van der Waals surface area contributed by atoms with Crippen molar-refractivity contribution in [2.75, 3.05) is 38.1 Å². The van der Waals surface area contributed by atoms with E-state index in [9.17, 15) is 0 Å². The minimum absolute atomic E-state index is 0.540. The van der Waals surface area contributed by atoms with Crippen molar-refractivity contribution in [3.8, 4) is 0 Å². The third kappa shape index (κ3) is 2.83. The Morgan fingerprint density at radius 2 is 1.93 bits per heavy atom. The maximum atomic E-state index is 5.92. The molecular weight excluding hydrogens is 275 g/mol. The van der Waals surface area contributed by atoms with Crippen LogP contribution in [0.15, 0.2) is 6.07 Å². The first-order valence-electron chi connectivity index (χ1n) is 4.89. The molecule has 2 heterocycles. The number of hydrogen-bond acceptors (Lipinski definition) is 4. The molecule has 1 fully saturated rings. The molecule has 1 unspecified atom stereocenters. The van der Waals surface area contributed by atoms with Crippen LogP contribution in [0.1, 0.15) is 0 Å². The predicted octanol–water partition coefficient (Wildman–Crippen LogP) is -0.860. The van der Waals surface area contributed by atoms with E-state index in [-0.39, 0.29) is 0 Å². The molecule has 0 amide bonds. The van der Waals surface area contributed by atoms with Gasteiger partial charge in [-0.3, -0.25) is 0 Å². The summed E-state index contributed by atoms with van der Waals surface area (Å²) in [6.45, 7) is 4.17. The Morgan fingerprint density at radius 3 is 2.53 bits per heavy atom. The molecule has 15 heavy (non-hydrogen) atoms. The number of aromatic nitrogens is 2. The molecule has 1 aliphatic rings. The molecule has 0 radical (unpaired) electrons. The fraction of sp³-hybridized carbons (Fsp3) is 0.556. The van der Waals surface area contributed by atoms with Gasteiger partial charge in [0.1, 0.15) is 0 Å². The molecule has 82 valence electrons. The van der Waals surface area contributed by atoms with E-state index in [1.807, 2.05) is 6.07 Å². The molecular formula is C9H14AsClN4. The van der Waals surface area contributed by atoms with Crippen molar-refractivity contribution in [1.82, 2.24) is 14.9 Å². The van der Waals surface area contributed by atoms with Crippen molar-refractivity contribution >= 4 is 38.9 Å². The molecule has 0 N–H and O–H groups in total. The second kappa shape index (κ2) is 4.69. The SMILES string of the molecule is CN1CCN(c2cc(Cl)nc([AsH2])n2)CC1. The summed E-state index contributed by atoms with van der Waals surface area (Å²) in [6, 6.07) is 1.84. The second-order valence-corrected chi connectivity index (χ2v) is 5.17. The Bertz CT molecular complexity index is 332. The van der Waals surface area contributed by atoms with E-state index in [0.717, 1.165) is 36.6 Å². The van der Waals surface area contributed by atoms with Gasteiger partial charge in [0, 0.05) is 0 Å². The van der Waals surface area contributed by atoms with E-state index >= 15 is 0 Å². The molecule has 6 heteroatoms. The van der Waals surface area contributed by atoms with Crippen molar-refractivity contribution in [1.29, 1.82) is 0 Å². The van der Waals surface area contributed by atoms with E-state index in [1.165, 1.54) is 16.9 Å². The van der Waals surface area contributed by atoms with E-state index in [4.69, 9.17) is 11.6 Å². The van der Waals surface area contributed by atoms with Crippen molar-refractivity contribution in [3.63, 3.8) is 0 Å². The monoisotopic (exact) mass is 288 g/mol. The van der Waals surface area contributed by atoms with Crippen LogP contribution >= 0.6 is 11.6 Å². The quantitative estimate of drug-likeness (QED) is 0.497. The van der Waals surface area contributed by atoms with Crippen LogP contribution in [0.4, 0.5) is 5.82 Å². The molecule has 4 nitrogen and oxygen atoms in total. The molecule has 0 bridgehead atoms. The molecule has 0 saturated carbocycles. The van der Waals surface area contributed by atoms with Gasteiger partial charge >= 0.3 is 103 Å². The van der Waals surface area contributed by atoms with E-state index in [2.05, 4.69) is 26.8 Å². The normalized spacial score (nSPS) is 18.2. The number of hydrogen-bond donors (Lipinski definition) is 0. The summed E-state index contributed by atoms with van der Waals surface area (Å²) < 4.78 is 0.795. The van der Waals surface area contributed by atoms with Gasteiger partial charge in [0.15, 0.2) is 0 Å². The van der Waals surface area contributed by atoms with E-state index in [1.54, 1.807) is 0 Å². The number of rotatable bonds is 1. The molecule has 0 spiro atoms. The molecule has 1 aromatic heterocycles. The summed E-state index contributed by atoms with van der Waals surface area (Å²) >= 11 is 7.33. The summed E-state index contributed by atoms with van der Waals surface area (Å²) in [5, 5.41) is 0.540. The first kappa shape index (κ1) is 11.2. The average molecular weight is 289 g/mol. The van der Waals surface area contributed by atoms with Crippen LogP contribution in [0.2, 0.25) is 5.15 Å². The Kier molecular flexibility index (Phi) is 3.49. The number of halogens is 1. The Hall–Kier alpha value is -0.312. The Labute approximate surface area is 103 Å². The van der Waals surface area contributed by atoms with Gasteiger partial charge in [0.2, 0.25) is 0 Å². The fourth-order valence-corrected chi connectivity index (χ4v) is 2.55. The van der Waals surface area contributed by atoms with Crippen molar-refractivity contribution < 1.29 is 0 Å². The molecule has 1 atom stereocenters. The van der Waals surface area contributed by atoms with Gasteiger partial charge in [-0.15, -0.1) is 0 Å². The second-order valence-electron chi connectivity index (χ2n) is 3.70. The topological polar surface area (TPSA) is 32.3 Å². The standard InChI is InChI=1S/C9H14AsClN4/c1-14-2-4-15(5-3-14)8-6-7(11)12-9(10)13-8/h6H,2-5,10H2,1H3. The maximum absolute atomic E-state index is 5.92. The number of anilines is 1. The minimum atomic E-state index is 0.540. The van der Waals surface area contributed by atoms with Crippen molar-refractivity contribution in [2.24, 2.45) is 0 Å². The van der Waals surface area contributed by atoms with Crippen LogP contribution in [-0.2, 0) is 0 Å². The van der Waals surface area contributed by atoms with Crippen molar-refractivity contribution in [2.45, 2.75) is 0 Å². The van der Waals surface area contributed by atoms with Crippen LogP contribution < -0.4 is 9.51 Å². The van der Waals surface area contributed by atoms with Gasteiger partial charge in [-0.2, -0.15) is 0 Å². The van der Waals surface area contributed by atoms with Gasteiger partial charge in [0.05, 0.1) is 0 Å². The van der Waals surface area contributed by atoms with Gasteiger partial charge in [-0.05, 0) is 0 Å². The van der Waals surface area contributed by atoms with Gasteiger partial charge in [-0.25, -0.2) is 0 Å². The third-order valence-corrected chi connectivity index (χ3v) is 3.26. The van der Waals surface area contributed by atoms with Crippen LogP contribution in [-0.4, -0.2) is 64.9 Å². The van der Waals surface area contributed by atoms with Crippen LogP contribution in [0.25, 0.3) is 0 Å². The zero-order valence-corrected chi connectivity index (χ0v) is 11.8. The fourth-order valence-electron chi connectivity index (χ4n) is 1.62. The van der Waals surface area contributed by atoms with E-state index in [0.29, 0.717) is 5.15 Å². The Balaban J connectivity index is 2.15. The summed E-state index contributed by atoms with van der Waals surface area (Å²) in [5.41, 5.74) is 0. The number of nitrogens with zero attached hydrogens (tertiary/aromatic N) is 4. The summed E-state index contributed by atoms with van der Waals surface area (Å²) in [6.07, 6.45) is 0. The van der Waals surface area contributed by atoms with Gasteiger partial charge in [-0.1, -0.05) is 0 Å². The van der Waals surface area contributed by atoms with Gasteiger partial charge < -0.3 is 0 Å². The summed E-state index contributed by atoms with van der Waals surface area (Å²) in [4.78, 5) is 13.1. The van der Waals surface area contributed by atoms with Crippen LogP contribution in [0, 0.1) is 0 Å². The van der Waals surface area contributed by atoms with Crippen LogP contribution in [0.3, 0.4) is 0 Å². The van der Waals surface area contributed by atoms with Gasteiger partial charge in [0.25, 0.3) is 0 Å².